The third-order valence-electron chi connectivity index (χ3n) is 4.83. The van der Waals surface area contributed by atoms with Crippen molar-refractivity contribution < 1.29 is 4.79 Å². The predicted molar refractivity (Wildman–Crippen MR) is 80.1 cm³/mol. The van der Waals surface area contributed by atoms with Gasteiger partial charge in [-0.25, -0.2) is 0 Å². The first kappa shape index (κ1) is 13.6. The molecule has 108 valence electrons. The van der Waals surface area contributed by atoms with Crippen LogP contribution in [-0.2, 0) is 17.8 Å². The van der Waals surface area contributed by atoms with Crippen LogP contribution < -0.4 is 5.73 Å². The smallest absolute Gasteiger partial charge is 0.227 e. The maximum atomic E-state index is 12.8. The Morgan fingerprint density at radius 2 is 1.85 bits per heavy atom. The normalized spacial score (nSPS) is 26.8. The molecule has 2 aliphatic rings. The topological polar surface area (TPSA) is 46.3 Å². The Kier molecular flexibility index (Phi) is 4.06. The summed E-state index contributed by atoms with van der Waals surface area (Å²) in [5, 5.41) is 0. The molecule has 3 heteroatoms. The molecule has 1 amide bonds. The Bertz CT molecular complexity index is 486. The number of rotatable bonds is 1. The summed E-state index contributed by atoms with van der Waals surface area (Å²) in [5.41, 5.74) is 8.92. The Morgan fingerprint density at radius 1 is 1.10 bits per heavy atom. The number of hydrogen-bond acceptors (Lipinski definition) is 2. The number of benzene rings is 1. The summed E-state index contributed by atoms with van der Waals surface area (Å²) < 4.78 is 0. The Hall–Kier alpha value is -1.35. The van der Waals surface area contributed by atoms with Gasteiger partial charge in [0.1, 0.15) is 0 Å². The zero-order valence-electron chi connectivity index (χ0n) is 12.1. The van der Waals surface area contributed by atoms with Crippen molar-refractivity contribution in [3.63, 3.8) is 0 Å². The minimum absolute atomic E-state index is 0.0442. The van der Waals surface area contributed by atoms with Crippen molar-refractivity contribution in [2.75, 3.05) is 6.54 Å². The van der Waals surface area contributed by atoms with Gasteiger partial charge in [0.25, 0.3) is 0 Å². The summed E-state index contributed by atoms with van der Waals surface area (Å²) >= 11 is 0. The monoisotopic (exact) mass is 272 g/mol. The number of hydrogen-bond donors (Lipinski definition) is 1. The SMILES string of the molecule is NC1CCCCCC1C(=O)N1CCc2ccccc2C1. The van der Waals surface area contributed by atoms with Gasteiger partial charge < -0.3 is 10.6 Å². The summed E-state index contributed by atoms with van der Waals surface area (Å²) in [5.74, 6) is 0.330. The molecule has 0 aromatic heterocycles. The van der Waals surface area contributed by atoms with E-state index < -0.39 is 0 Å². The van der Waals surface area contributed by atoms with Crippen molar-refractivity contribution >= 4 is 5.91 Å². The van der Waals surface area contributed by atoms with E-state index in [2.05, 4.69) is 24.3 Å². The molecule has 1 aliphatic carbocycles. The molecule has 3 rings (SSSR count). The second-order valence-corrected chi connectivity index (χ2v) is 6.19. The molecule has 0 saturated heterocycles. The molecule has 0 radical (unpaired) electrons. The van der Waals surface area contributed by atoms with E-state index in [9.17, 15) is 4.79 Å². The highest BCUT2D eigenvalue weighted by Gasteiger charge is 2.31. The lowest BCUT2D eigenvalue weighted by molar-refractivity contribution is -0.137. The molecule has 1 aliphatic heterocycles. The van der Waals surface area contributed by atoms with Crippen molar-refractivity contribution in [1.82, 2.24) is 4.90 Å². The van der Waals surface area contributed by atoms with Gasteiger partial charge in [-0.1, -0.05) is 43.5 Å². The average Bonchev–Trinajstić information content (AvgIpc) is 2.70. The van der Waals surface area contributed by atoms with Crippen LogP contribution in [0.25, 0.3) is 0 Å². The van der Waals surface area contributed by atoms with Crippen molar-refractivity contribution in [3.05, 3.63) is 35.4 Å². The Labute approximate surface area is 121 Å². The van der Waals surface area contributed by atoms with Crippen molar-refractivity contribution in [2.45, 2.75) is 51.1 Å². The molecule has 1 fully saturated rings. The highest BCUT2D eigenvalue weighted by atomic mass is 16.2. The largest absolute Gasteiger partial charge is 0.338 e. The third-order valence-corrected chi connectivity index (χ3v) is 4.83. The van der Waals surface area contributed by atoms with E-state index in [4.69, 9.17) is 5.73 Å². The molecule has 1 saturated carbocycles. The summed E-state index contributed by atoms with van der Waals surface area (Å²) in [7, 11) is 0. The molecular weight excluding hydrogens is 248 g/mol. The third kappa shape index (κ3) is 2.73. The molecule has 1 aromatic carbocycles. The predicted octanol–water partition coefficient (Wildman–Crippen LogP) is 2.48. The average molecular weight is 272 g/mol. The quantitative estimate of drug-likeness (QED) is 0.798. The molecule has 2 atom stereocenters. The zero-order chi connectivity index (χ0) is 13.9. The second kappa shape index (κ2) is 5.96. The summed E-state index contributed by atoms with van der Waals surface area (Å²) in [4.78, 5) is 14.8. The maximum absolute atomic E-state index is 12.8. The zero-order valence-corrected chi connectivity index (χ0v) is 12.1. The fraction of sp³-hybridized carbons (Fsp3) is 0.588. The van der Waals surface area contributed by atoms with Gasteiger partial charge in [0.2, 0.25) is 5.91 Å². The number of carbonyl (C=O) groups is 1. The molecule has 3 nitrogen and oxygen atoms in total. The van der Waals surface area contributed by atoms with Crippen molar-refractivity contribution in [2.24, 2.45) is 11.7 Å². The van der Waals surface area contributed by atoms with Gasteiger partial charge in [-0.05, 0) is 30.4 Å². The van der Waals surface area contributed by atoms with Crippen LogP contribution >= 0.6 is 0 Å². The summed E-state index contributed by atoms with van der Waals surface area (Å²) in [6.07, 6.45) is 6.49. The van der Waals surface area contributed by atoms with E-state index in [0.29, 0.717) is 0 Å². The Balaban J connectivity index is 1.72. The molecule has 0 spiro atoms. The van der Waals surface area contributed by atoms with E-state index in [1.807, 2.05) is 4.90 Å². The number of nitrogens with zero attached hydrogens (tertiary/aromatic N) is 1. The first-order valence-corrected chi connectivity index (χ1v) is 7.87. The van der Waals surface area contributed by atoms with Crippen LogP contribution in [0, 0.1) is 5.92 Å². The van der Waals surface area contributed by atoms with Gasteiger partial charge in [0, 0.05) is 19.1 Å². The van der Waals surface area contributed by atoms with Crippen molar-refractivity contribution in [1.29, 1.82) is 0 Å². The molecule has 1 heterocycles. The van der Waals surface area contributed by atoms with Crippen LogP contribution in [0.3, 0.4) is 0 Å². The van der Waals surface area contributed by atoms with Crippen LogP contribution in [0.15, 0.2) is 24.3 Å². The highest BCUT2D eigenvalue weighted by molar-refractivity contribution is 5.80. The molecule has 1 aromatic rings. The second-order valence-electron chi connectivity index (χ2n) is 6.19. The lowest BCUT2D eigenvalue weighted by atomic mass is 9.92. The van der Waals surface area contributed by atoms with Crippen LogP contribution in [0.4, 0.5) is 0 Å². The fourth-order valence-corrected chi connectivity index (χ4v) is 3.56. The van der Waals surface area contributed by atoms with Crippen LogP contribution in [-0.4, -0.2) is 23.4 Å². The lowest BCUT2D eigenvalue weighted by Crippen LogP contribution is -2.45. The van der Waals surface area contributed by atoms with Crippen LogP contribution in [0.2, 0.25) is 0 Å². The van der Waals surface area contributed by atoms with Gasteiger partial charge in [-0.3, -0.25) is 4.79 Å². The minimum Gasteiger partial charge on any atom is -0.338 e. The number of carbonyl (C=O) groups excluding carboxylic acids is 1. The highest BCUT2D eigenvalue weighted by Crippen LogP contribution is 2.26. The van der Waals surface area contributed by atoms with Gasteiger partial charge in [0.15, 0.2) is 0 Å². The molecule has 2 N–H and O–H groups in total. The summed E-state index contributed by atoms with van der Waals surface area (Å²) in [6.45, 7) is 1.61. The van der Waals surface area contributed by atoms with Crippen LogP contribution in [0.1, 0.15) is 43.2 Å². The van der Waals surface area contributed by atoms with Crippen LogP contribution in [0.5, 0.6) is 0 Å². The first-order chi connectivity index (χ1) is 9.75. The van der Waals surface area contributed by atoms with E-state index in [-0.39, 0.29) is 17.9 Å². The van der Waals surface area contributed by atoms with E-state index in [0.717, 1.165) is 38.8 Å². The minimum atomic E-state index is 0.0442. The fourth-order valence-electron chi connectivity index (χ4n) is 3.56. The van der Waals surface area contributed by atoms with E-state index >= 15 is 0 Å². The standard InChI is InChI=1S/C17H24N2O/c18-16-9-3-1-2-8-15(16)17(20)19-11-10-13-6-4-5-7-14(13)12-19/h4-7,15-16H,1-3,8-12,18H2. The van der Waals surface area contributed by atoms with Crippen molar-refractivity contribution in [3.8, 4) is 0 Å². The Morgan fingerprint density at radius 3 is 2.70 bits per heavy atom. The maximum Gasteiger partial charge on any atom is 0.227 e. The number of amides is 1. The van der Waals surface area contributed by atoms with Gasteiger partial charge >= 0.3 is 0 Å². The molecule has 0 bridgehead atoms. The van der Waals surface area contributed by atoms with Gasteiger partial charge in [-0.15, -0.1) is 0 Å². The summed E-state index contributed by atoms with van der Waals surface area (Å²) in [6, 6.07) is 8.51. The molecule has 2 unspecified atom stereocenters. The van der Waals surface area contributed by atoms with E-state index in [1.165, 1.54) is 24.0 Å². The van der Waals surface area contributed by atoms with E-state index in [1.54, 1.807) is 0 Å². The lowest BCUT2D eigenvalue weighted by Gasteiger charge is -2.33. The number of nitrogens with two attached hydrogens (primary N) is 1. The first-order valence-electron chi connectivity index (χ1n) is 7.87. The van der Waals surface area contributed by atoms with Gasteiger partial charge in [0.05, 0.1) is 5.92 Å². The molecule has 20 heavy (non-hydrogen) atoms. The van der Waals surface area contributed by atoms with Gasteiger partial charge in [-0.2, -0.15) is 0 Å². The number of fused-ring (bicyclic) bond motifs is 1. The molecular formula is C17H24N2O.